The molecule has 0 atom stereocenters. The van der Waals surface area contributed by atoms with Gasteiger partial charge in [-0.05, 0) is 19.3 Å². The highest BCUT2D eigenvalue weighted by molar-refractivity contribution is 7.72. The van der Waals surface area contributed by atoms with Gasteiger partial charge in [-0.15, -0.1) is 0 Å². The fraction of sp³-hybridized carbons (Fsp3) is 1.00. The summed E-state index contributed by atoms with van der Waals surface area (Å²) in [6.07, 6.45) is -0.0912. The van der Waals surface area contributed by atoms with E-state index >= 15 is 0 Å². The van der Waals surface area contributed by atoms with Gasteiger partial charge in [-0.2, -0.15) is 0 Å². The molecule has 0 aliphatic rings. The van der Waals surface area contributed by atoms with Gasteiger partial charge in [0.2, 0.25) is 0 Å². The maximum absolute atomic E-state index is 10.9. The number of unbranched alkanes of at least 4 members (excludes halogenated alkanes) is 2. The maximum atomic E-state index is 10.9. The Labute approximate surface area is 92.3 Å². The Morgan fingerprint density at radius 2 is 1.31 bits per heavy atom. The molecule has 0 aromatic rings. The zero-order valence-corrected chi connectivity index (χ0v) is 10.2. The number of hydrogen-bond acceptors (Lipinski definition) is 4. The van der Waals surface area contributed by atoms with Crippen molar-refractivity contribution in [3.05, 3.63) is 0 Å². The number of aliphatic hydroxyl groups is 2. The van der Waals surface area contributed by atoms with Crippen molar-refractivity contribution >= 4 is 15.2 Å². The van der Waals surface area contributed by atoms with E-state index in [1.165, 1.54) is 0 Å². The largest absolute Gasteiger partial charge is 0.396 e. The van der Waals surface area contributed by atoms with E-state index in [0.717, 1.165) is 0 Å². The first-order valence-corrected chi connectivity index (χ1v) is 7.73. The summed E-state index contributed by atoms with van der Waals surface area (Å²) in [4.78, 5) is 35.0. The fourth-order valence-electron chi connectivity index (χ4n) is 1.11. The van der Waals surface area contributed by atoms with E-state index in [4.69, 9.17) is 24.7 Å². The quantitative estimate of drug-likeness (QED) is 0.270. The Morgan fingerprint density at radius 3 is 1.62 bits per heavy atom. The Hall–Kier alpha value is 0.220. The van der Waals surface area contributed by atoms with E-state index in [9.17, 15) is 14.2 Å². The lowest BCUT2D eigenvalue weighted by Crippen LogP contribution is -2.28. The van der Waals surface area contributed by atoms with Crippen molar-refractivity contribution in [3.8, 4) is 0 Å². The fourth-order valence-corrected chi connectivity index (χ4v) is 3.37. The highest BCUT2D eigenvalue weighted by Crippen LogP contribution is 2.69. The van der Waals surface area contributed by atoms with E-state index in [-0.39, 0.29) is 13.0 Å². The van der Waals surface area contributed by atoms with Gasteiger partial charge in [-0.3, -0.25) is 9.13 Å². The van der Waals surface area contributed by atoms with Gasteiger partial charge in [0, 0.05) is 6.61 Å². The standard InChI is InChI=1S/C6H16O8P2/c7-5-3-1-2-4-6(8,15(9,10)11)16(12,13)14/h7-8H,1-5H2,(H2,9,10,11)(H2,12,13,14). The van der Waals surface area contributed by atoms with Crippen LogP contribution in [-0.4, -0.2) is 41.5 Å². The molecular formula is C6H16O8P2. The van der Waals surface area contributed by atoms with Crippen LogP contribution in [0.4, 0.5) is 0 Å². The molecule has 8 nitrogen and oxygen atoms in total. The molecule has 0 unspecified atom stereocenters. The van der Waals surface area contributed by atoms with Gasteiger partial charge >= 0.3 is 15.2 Å². The minimum Gasteiger partial charge on any atom is -0.396 e. The molecule has 0 bridgehead atoms. The minimum absolute atomic E-state index is 0.00667. The average molecular weight is 278 g/mol. The summed E-state index contributed by atoms with van der Waals surface area (Å²) in [5.41, 5.74) is 0. The zero-order chi connectivity index (χ0) is 13.0. The van der Waals surface area contributed by atoms with Crippen LogP contribution in [0.5, 0.6) is 0 Å². The Balaban J connectivity index is 4.73. The van der Waals surface area contributed by atoms with Crippen LogP contribution in [0.15, 0.2) is 0 Å². The molecule has 16 heavy (non-hydrogen) atoms. The van der Waals surface area contributed by atoms with E-state index in [1.807, 2.05) is 0 Å². The molecule has 0 saturated carbocycles. The van der Waals surface area contributed by atoms with Gasteiger partial charge in [0.05, 0.1) is 0 Å². The minimum atomic E-state index is -5.33. The molecule has 0 aliphatic heterocycles. The normalized spacial score (nSPS) is 14.1. The lowest BCUT2D eigenvalue weighted by molar-refractivity contribution is 0.120. The van der Waals surface area contributed by atoms with E-state index in [1.54, 1.807) is 0 Å². The van der Waals surface area contributed by atoms with E-state index in [2.05, 4.69) is 0 Å². The second kappa shape index (κ2) is 5.71. The van der Waals surface area contributed by atoms with E-state index < -0.39 is 26.7 Å². The topological polar surface area (TPSA) is 156 Å². The van der Waals surface area contributed by atoms with Crippen LogP contribution >= 0.6 is 15.2 Å². The summed E-state index contributed by atoms with van der Waals surface area (Å²) in [6, 6.07) is 0. The molecule has 6 N–H and O–H groups in total. The molecule has 0 amide bonds. The molecule has 0 aromatic carbocycles. The molecule has 0 aromatic heterocycles. The summed E-state index contributed by atoms with van der Waals surface area (Å²) in [7, 11) is -10.7. The van der Waals surface area contributed by atoms with Crippen molar-refractivity contribution in [1.29, 1.82) is 0 Å². The van der Waals surface area contributed by atoms with Crippen molar-refractivity contribution in [3.63, 3.8) is 0 Å². The zero-order valence-electron chi connectivity index (χ0n) is 8.43. The summed E-state index contributed by atoms with van der Waals surface area (Å²) in [5.74, 6) is 0. The molecular weight excluding hydrogens is 262 g/mol. The van der Waals surface area contributed by atoms with Crippen LogP contribution in [-0.2, 0) is 9.13 Å². The predicted molar refractivity (Wildman–Crippen MR) is 54.6 cm³/mol. The summed E-state index contributed by atoms with van der Waals surface area (Å²) < 4.78 is 21.7. The summed E-state index contributed by atoms with van der Waals surface area (Å²) in [5, 5.41) is 14.5. The van der Waals surface area contributed by atoms with Crippen LogP contribution in [0.25, 0.3) is 0 Å². The Bertz CT molecular complexity index is 282. The summed E-state index contributed by atoms with van der Waals surface area (Å²) >= 11 is 0. The van der Waals surface area contributed by atoms with Gasteiger partial charge in [0.25, 0.3) is 5.08 Å². The molecule has 0 aliphatic carbocycles. The Kier molecular flexibility index (Phi) is 5.79. The van der Waals surface area contributed by atoms with Crippen molar-refractivity contribution in [2.45, 2.75) is 30.8 Å². The van der Waals surface area contributed by atoms with Gasteiger partial charge < -0.3 is 29.8 Å². The number of hydrogen-bond donors (Lipinski definition) is 6. The van der Waals surface area contributed by atoms with E-state index in [0.29, 0.717) is 12.8 Å². The first-order valence-electron chi connectivity index (χ1n) is 4.51. The molecule has 10 heteroatoms. The van der Waals surface area contributed by atoms with Crippen LogP contribution in [0.3, 0.4) is 0 Å². The first kappa shape index (κ1) is 16.2. The van der Waals surface area contributed by atoms with Crippen LogP contribution in [0, 0.1) is 0 Å². The smallest absolute Gasteiger partial charge is 0.369 e. The third-order valence-corrected chi connectivity index (χ3v) is 5.98. The van der Waals surface area contributed by atoms with Crippen molar-refractivity contribution in [2.24, 2.45) is 0 Å². The Morgan fingerprint density at radius 1 is 0.875 bits per heavy atom. The van der Waals surface area contributed by atoms with Gasteiger partial charge in [0.1, 0.15) is 0 Å². The average Bonchev–Trinajstić information content (AvgIpc) is 2.08. The van der Waals surface area contributed by atoms with Gasteiger partial charge in [-0.25, -0.2) is 0 Å². The second-order valence-corrected chi connectivity index (χ2v) is 7.41. The third kappa shape index (κ3) is 3.91. The molecule has 0 rings (SSSR count). The monoisotopic (exact) mass is 278 g/mol. The lowest BCUT2D eigenvalue weighted by atomic mass is 10.2. The number of rotatable bonds is 7. The second-order valence-electron chi connectivity index (χ2n) is 3.40. The summed E-state index contributed by atoms with van der Waals surface area (Å²) in [6.45, 7) is -0.135. The van der Waals surface area contributed by atoms with Gasteiger partial charge in [-0.1, -0.05) is 6.42 Å². The number of aliphatic hydroxyl groups excluding tert-OH is 1. The van der Waals surface area contributed by atoms with Crippen LogP contribution < -0.4 is 0 Å². The molecule has 0 fully saturated rings. The molecule has 0 radical (unpaired) electrons. The highest BCUT2D eigenvalue weighted by atomic mass is 31.2. The van der Waals surface area contributed by atoms with Crippen molar-refractivity contribution < 1.29 is 38.9 Å². The van der Waals surface area contributed by atoms with Crippen molar-refractivity contribution in [2.75, 3.05) is 6.61 Å². The SMILES string of the molecule is O=P(O)(O)C(O)(CCCCCO)P(=O)(O)O. The molecule has 0 saturated heterocycles. The molecule has 0 heterocycles. The van der Waals surface area contributed by atoms with Crippen LogP contribution in [0.2, 0.25) is 0 Å². The molecule has 98 valence electrons. The predicted octanol–water partition coefficient (Wildman–Crippen LogP) is -0.459. The highest BCUT2D eigenvalue weighted by Gasteiger charge is 2.58. The first-order chi connectivity index (χ1) is 7.06. The molecule has 0 spiro atoms. The third-order valence-electron chi connectivity index (χ3n) is 2.10. The lowest BCUT2D eigenvalue weighted by Gasteiger charge is -2.29. The van der Waals surface area contributed by atoms with Gasteiger partial charge in [0.15, 0.2) is 0 Å². The van der Waals surface area contributed by atoms with Crippen molar-refractivity contribution in [1.82, 2.24) is 0 Å². The maximum Gasteiger partial charge on any atom is 0.369 e. The van der Waals surface area contributed by atoms with Crippen LogP contribution in [0.1, 0.15) is 25.7 Å².